The molecule has 1 fully saturated rings. The fraction of sp³-hybridized carbons (Fsp3) is 0.400. The van der Waals surface area contributed by atoms with Gasteiger partial charge in [0.1, 0.15) is 0 Å². The second kappa shape index (κ2) is 3.58. The Labute approximate surface area is 80.9 Å². The van der Waals surface area contributed by atoms with Crippen LogP contribution in [-0.4, -0.2) is 6.61 Å². The highest BCUT2D eigenvalue weighted by atomic mass is 79.9. The molecule has 0 N–H and O–H groups in total. The fourth-order valence-corrected chi connectivity index (χ4v) is 1.78. The third kappa shape index (κ3) is 1.70. The molecule has 1 heterocycles. The monoisotopic (exact) mass is 226 g/mol. The predicted octanol–water partition coefficient (Wildman–Crippen LogP) is 3.30. The summed E-state index contributed by atoms with van der Waals surface area (Å²) in [4.78, 5) is 0. The Morgan fingerprint density at radius 2 is 2.00 bits per heavy atom. The zero-order valence-corrected chi connectivity index (χ0v) is 8.38. The highest BCUT2D eigenvalue weighted by Gasteiger charge is 2.16. The quantitative estimate of drug-likeness (QED) is 0.715. The van der Waals surface area contributed by atoms with E-state index in [1.807, 2.05) is 0 Å². The van der Waals surface area contributed by atoms with E-state index in [0.29, 0.717) is 6.10 Å². The fourth-order valence-electron chi connectivity index (χ4n) is 1.52. The molecule has 0 aliphatic carbocycles. The molecule has 1 aliphatic heterocycles. The number of rotatable bonds is 1. The predicted molar refractivity (Wildman–Crippen MR) is 52.1 cm³/mol. The lowest BCUT2D eigenvalue weighted by Crippen LogP contribution is -1.94. The van der Waals surface area contributed by atoms with E-state index in [2.05, 4.69) is 40.2 Å². The molecule has 0 radical (unpaired) electrons. The largest absolute Gasteiger partial charge is 0.374 e. The Kier molecular flexibility index (Phi) is 2.47. The average molecular weight is 227 g/mol. The van der Waals surface area contributed by atoms with Crippen LogP contribution < -0.4 is 0 Å². The van der Waals surface area contributed by atoms with Crippen molar-refractivity contribution < 1.29 is 4.74 Å². The van der Waals surface area contributed by atoms with Crippen molar-refractivity contribution in [3.05, 3.63) is 34.3 Å². The normalized spacial score (nSPS) is 22.9. The number of hydrogen-bond acceptors (Lipinski definition) is 1. The molecule has 1 aromatic rings. The molecule has 0 saturated carbocycles. The standard InChI is InChI=1S/C10H11BrO/c11-9-5-3-8(4-6-9)10-2-1-7-12-10/h3-6,10H,1-2,7H2/t10-/m0/s1. The SMILES string of the molecule is Brc1ccc([C@@H]2CCCO2)cc1. The summed E-state index contributed by atoms with van der Waals surface area (Å²) in [5.41, 5.74) is 1.30. The summed E-state index contributed by atoms with van der Waals surface area (Å²) in [5, 5.41) is 0. The zero-order valence-electron chi connectivity index (χ0n) is 6.79. The molecule has 0 spiro atoms. The first-order valence-corrected chi connectivity index (χ1v) is 5.02. The molecule has 0 amide bonds. The smallest absolute Gasteiger partial charge is 0.0825 e. The Morgan fingerprint density at radius 3 is 2.58 bits per heavy atom. The molecule has 12 heavy (non-hydrogen) atoms. The van der Waals surface area contributed by atoms with Crippen molar-refractivity contribution in [3.8, 4) is 0 Å². The molecule has 1 saturated heterocycles. The van der Waals surface area contributed by atoms with E-state index in [0.717, 1.165) is 11.1 Å². The maximum atomic E-state index is 5.56. The van der Waals surface area contributed by atoms with E-state index < -0.39 is 0 Å². The number of hydrogen-bond donors (Lipinski definition) is 0. The zero-order chi connectivity index (χ0) is 8.39. The van der Waals surface area contributed by atoms with Gasteiger partial charge in [-0.2, -0.15) is 0 Å². The maximum Gasteiger partial charge on any atom is 0.0825 e. The van der Waals surface area contributed by atoms with Crippen LogP contribution in [0.5, 0.6) is 0 Å². The van der Waals surface area contributed by atoms with Crippen LogP contribution in [0.2, 0.25) is 0 Å². The van der Waals surface area contributed by atoms with Crippen molar-refractivity contribution >= 4 is 15.9 Å². The maximum absolute atomic E-state index is 5.56. The highest BCUT2D eigenvalue weighted by molar-refractivity contribution is 9.10. The van der Waals surface area contributed by atoms with Crippen molar-refractivity contribution in [2.45, 2.75) is 18.9 Å². The highest BCUT2D eigenvalue weighted by Crippen LogP contribution is 2.28. The van der Waals surface area contributed by atoms with Crippen molar-refractivity contribution in [1.29, 1.82) is 0 Å². The van der Waals surface area contributed by atoms with Crippen LogP contribution in [0.15, 0.2) is 28.7 Å². The van der Waals surface area contributed by atoms with Gasteiger partial charge in [0.15, 0.2) is 0 Å². The van der Waals surface area contributed by atoms with Gasteiger partial charge in [-0.05, 0) is 30.5 Å². The Bertz CT molecular complexity index is 249. The Hall–Kier alpha value is -0.340. The Morgan fingerprint density at radius 1 is 1.25 bits per heavy atom. The van der Waals surface area contributed by atoms with Crippen LogP contribution in [0.1, 0.15) is 24.5 Å². The van der Waals surface area contributed by atoms with Gasteiger partial charge in [0, 0.05) is 11.1 Å². The first kappa shape index (κ1) is 8.27. The third-order valence-electron chi connectivity index (χ3n) is 2.17. The summed E-state index contributed by atoms with van der Waals surface area (Å²) in [6.45, 7) is 0.917. The van der Waals surface area contributed by atoms with Crippen molar-refractivity contribution in [2.75, 3.05) is 6.61 Å². The van der Waals surface area contributed by atoms with Gasteiger partial charge in [0.05, 0.1) is 6.10 Å². The van der Waals surface area contributed by atoms with Gasteiger partial charge < -0.3 is 4.74 Å². The molecular formula is C10H11BrO. The Balaban J connectivity index is 2.17. The number of ether oxygens (including phenoxy) is 1. The molecule has 1 aliphatic rings. The van der Waals surface area contributed by atoms with Crippen LogP contribution in [0, 0.1) is 0 Å². The van der Waals surface area contributed by atoms with Gasteiger partial charge in [-0.15, -0.1) is 0 Å². The number of halogens is 1. The molecule has 1 aromatic carbocycles. The minimum Gasteiger partial charge on any atom is -0.374 e. The van der Waals surface area contributed by atoms with Crippen LogP contribution in [0.4, 0.5) is 0 Å². The minimum atomic E-state index is 0.345. The lowest BCUT2D eigenvalue weighted by molar-refractivity contribution is 0.112. The summed E-state index contributed by atoms with van der Waals surface area (Å²) >= 11 is 3.41. The van der Waals surface area contributed by atoms with Crippen LogP contribution >= 0.6 is 15.9 Å². The van der Waals surface area contributed by atoms with Crippen LogP contribution in [0.3, 0.4) is 0 Å². The molecule has 0 aromatic heterocycles. The summed E-state index contributed by atoms with van der Waals surface area (Å²) in [5.74, 6) is 0. The van der Waals surface area contributed by atoms with Crippen molar-refractivity contribution in [3.63, 3.8) is 0 Å². The summed E-state index contributed by atoms with van der Waals surface area (Å²) < 4.78 is 6.69. The topological polar surface area (TPSA) is 9.23 Å². The molecule has 64 valence electrons. The summed E-state index contributed by atoms with van der Waals surface area (Å²) in [6.07, 6.45) is 2.71. The van der Waals surface area contributed by atoms with Crippen LogP contribution in [0.25, 0.3) is 0 Å². The van der Waals surface area contributed by atoms with E-state index in [9.17, 15) is 0 Å². The van der Waals surface area contributed by atoms with E-state index in [4.69, 9.17) is 4.74 Å². The van der Waals surface area contributed by atoms with E-state index in [-0.39, 0.29) is 0 Å². The van der Waals surface area contributed by atoms with Gasteiger partial charge in [0.2, 0.25) is 0 Å². The van der Waals surface area contributed by atoms with Gasteiger partial charge in [-0.25, -0.2) is 0 Å². The number of benzene rings is 1. The molecular weight excluding hydrogens is 216 g/mol. The first-order valence-electron chi connectivity index (χ1n) is 4.23. The molecule has 0 bridgehead atoms. The van der Waals surface area contributed by atoms with E-state index in [1.165, 1.54) is 18.4 Å². The van der Waals surface area contributed by atoms with Crippen LogP contribution in [-0.2, 0) is 4.74 Å². The lowest BCUT2D eigenvalue weighted by Gasteiger charge is -2.08. The van der Waals surface area contributed by atoms with Crippen molar-refractivity contribution in [2.24, 2.45) is 0 Å². The second-order valence-electron chi connectivity index (χ2n) is 3.05. The van der Waals surface area contributed by atoms with Gasteiger partial charge in [-0.3, -0.25) is 0 Å². The summed E-state index contributed by atoms with van der Waals surface area (Å²) in [7, 11) is 0. The second-order valence-corrected chi connectivity index (χ2v) is 3.97. The third-order valence-corrected chi connectivity index (χ3v) is 2.70. The van der Waals surface area contributed by atoms with E-state index >= 15 is 0 Å². The van der Waals surface area contributed by atoms with E-state index in [1.54, 1.807) is 0 Å². The summed E-state index contributed by atoms with van der Waals surface area (Å²) in [6, 6.07) is 8.38. The lowest BCUT2D eigenvalue weighted by atomic mass is 10.1. The molecule has 2 heteroatoms. The van der Waals surface area contributed by atoms with Gasteiger partial charge in [0.25, 0.3) is 0 Å². The average Bonchev–Trinajstić information content (AvgIpc) is 2.58. The molecule has 1 atom stereocenters. The van der Waals surface area contributed by atoms with Gasteiger partial charge >= 0.3 is 0 Å². The molecule has 1 nitrogen and oxygen atoms in total. The minimum absolute atomic E-state index is 0.345. The molecule has 2 rings (SSSR count). The van der Waals surface area contributed by atoms with Gasteiger partial charge in [-0.1, -0.05) is 28.1 Å². The molecule has 0 unspecified atom stereocenters. The first-order chi connectivity index (χ1) is 5.86. The van der Waals surface area contributed by atoms with Crippen molar-refractivity contribution in [1.82, 2.24) is 0 Å².